The molecule has 0 aromatic heterocycles. The Bertz CT molecular complexity index is 2940. The van der Waals surface area contributed by atoms with Gasteiger partial charge in [-0.05, 0) is 125 Å². The van der Waals surface area contributed by atoms with Gasteiger partial charge in [0, 0.05) is 22.5 Å². The Kier molecular flexibility index (Phi) is 7.74. The van der Waals surface area contributed by atoms with E-state index in [1.807, 2.05) is 0 Å². The Labute approximate surface area is 355 Å². The van der Waals surface area contributed by atoms with Crippen LogP contribution in [0.15, 0.2) is 182 Å². The zero-order valence-electron chi connectivity index (χ0n) is 34.8. The largest absolute Gasteiger partial charge is 0.310 e. The number of rotatable bonds is 5. The van der Waals surface area contributed by atoms with Gasteiger partial charge in [0.1, 0.15) is 7.85 Å². The fraction of sp³-hybridized carbons (Fsp3) is 0.172. The molecular weight excluding hydrogens is 721 g/mol. The Morgan fingerprint density at radius 3 is 1.32 bits per heavy atom. The van der Waals surface area contributed by atoms with Gasteiger partial charge in [-0.25, -0.2) is 0 Å². The number of nitrogens with zero attached hydrogens (tertiary/aromatic N) is 1. The fourth-order valence-corrected chi connectivity index (χ4v) is 12.0. The van der Waals surface area contributed by atoms with Gasteiger partial charge < -0.3 is 4.90 Å². The molecule has 0 atom stereocenters. The highest BCUT2D eigenvalue weighted by Gasteiger charge is 2.51. The molecule has 4 aliphatic rings. The van der Waals surface area contributed by atoms with E-state index in [0.717, 1.165) is 11.4 Å². The predicted octanol–water partition coefficient (Wildman–Crippen LogP) is 14.3. The first-order valence-electron chi connectivity index (χ1n) is 22.1. The average molecular weight is 770 g/mol. The van der Waals surface area contributed by atoms with Crippen LogP contribution in [0.3, 0.4) is 0 Å². The highest BCUT2D eigenvalue weighted by molar-refractivity contribution is 6.16. The third-order valence-electron chi connectivity index (χ3n) is 15.1. The van der Waals surface area contributed by atoms with Crippen molar-refractivity contribution in [2.75, 3.05) is 4.90 Å². The summed E-state index contributed by atoms with van der Waals surface area (Å²) in [7, 11) is 2.47. The third-order valence-corrected chi connectivity index (χ3v) is 15.1. The van der Waals surface area contributed by atoms with Crippen molar-refractivity contribution < 1.29 is 0 Å². The lowest BCUT2D eigenvalue weighted by molar-refractivity contribution is 0.398. The zero-order chi connectivity index (χ0) is 40.2. The second-order valence-corrected chi connectivity index (χ2v) is 18.6. The minimum atomic E-state index is -0.410. The second-order valence-electron chi connectivity index (χ2n) is 18.6. The molecule has 8 aromatic rings. The number of fused-ring (bicyclic) bond motifs is 13. The first-order valence-corrected chi connectivity index (χ1v) is 22.1. The molecule has 1 fully saturated rings. The Morgan fingerprint density at radius 1 is 0.383 bits per heavy atom. The maximum Gasteiger partial charge on any atom is 0.115 e. The maximum absolute atomic E-state index is 2.51. The first kappa shape index (κ1) is 35.6. The molecule has 0 bridgehead atoms. The van der Waals surface area contributed by atoms with E-state index in [9.17, 15) is 0 Å². The van der Waals surface area contributed by atoms with Crippen LogP contribution in [0, 0.1) is 0 Å². The van der Waals surface area contributed by atoms with Gasteiger partial charge in [0.05, 0.1) is 5.41 Å². The van der Waals surface area contributed by atoms with E-state index < -0.39 is 5.41 Å². The molecule has 1 saturated carbocycles. The smallest absolute Gasteiger partial charge is 0.115 e. The van der Waals surface area contributed by atoms with Crippen LogP contribution in [0.5, 0.6) is 0 Å². The van der Waals surface area contributed by atoms with E-state index in [2.05, 4.69) is 209 Å². The molecule has 1 spiro atoms. The summed E-state index contributed by atoms with van der Waals surface area (Å²) in [4.78, 5) is 2.50. The summed E-state index contributed by atoms with van der Waals surface area (Å²) in [5, 5.41) is 0.297. The number of hydrogen-bond donors (Lipinski definition) is 0. The molecule has 12 rings (SSSR count). The van der Waals surface area contributed by atoms with Crippen LogP contribution < -0.4 is 4.90 Å². The molecule has 4 aliphatic carbocycles. The van der Waals surface area contributed by atoms with Crippen molar-refractivity contribution in [1.29, 1.82) is 0 Å². The van der Waals surface area contributed by atoms with Crippen molar-refractivity contribution in [2.24, 2.45) is 0 Å². The molecule has 1 nitrogen and oxygen atoms in total. The molecule has 60 heavy (non-hydrogen) atoms. The zero-order valence-corrected chi connectivity index (χ0v) is 34.8. The third kappa shape index (κ3) is 4.94. The molecule has 0 unspecified atom stereocenters. The summed E-state index contributed by atoms with van der Waals surface area (Å²) in [5.74, 6) is 0. The van der Waals surface area contributed by atoms with E-state index >= 15 is 0 Å². The van der Waals surface area contributed by atoms with Gasteiger partial charge in [0.2, 0.25) is 0 Å². The number of benzene rings is 8. The van der Waals surface area contributed by atoms with Crippen LogP contribution >= 0.6 is 0 Å². The molecule has 0 amide bonds. The average Bonchev–Trinajstić information content (AvgIpc) is 3.85. The standard InChI is InChI=1S/C58H48BN/c1-56(2)50-18-8-4-14-44(50)48-32-30-42(36-54(48)56)60(41-28-24-39(25-29-41)38-22-26-40(27-23-38)57(59)34-12-3-13-35-57)43-31-33-49-47-17-7-11-21-53(47)58(55(49)37-43)51-19-9-5-15-45(51)46-16-6-10-20-52(46)58/h4-11,14-33,36-37H,3,12-13,34-35,59H2,1-2H3. The summed E-state index contributed by atoms with van der Waals surface area (Å²) in [6, 6.07) is 69.5. The van der Waals surface area contributed by atoms with E-state index in [4.69, 9.17) is 0 Å². The molecule has 0 N–H and O–H groups in total. The Hall–Kier alpha value is -6.38. The van der Waals surface area contributed by atoms with Crippen molar-refractivity contribution in [3.8, 4) is 44.5 Å². The highest BCUT2D eigenvalue weighted by atomic mass is 15.1. The van der Waals surface area contributed by atoms with Gasteiger partial charge >= 0.3 is 0 Å². The molecular formula is C58H48BN. The van der Waals surface area contributed by atoms with Crippen LogP contribution in [-0.4, -0.2) is 7.85 Å². The van der Waals surface area contributed by atoms with E-state index in [1.165, 1.54) is 121 Å². The van der Waals surface area contributed by atoms with Gasteiger partial charge in [-0.1, -0.05) is 192 Å². The minimum absolute atomic E-state index is 0.112. The van der Waals surface area contributed by atoms with Gasteiger partial charge in [-0.3, -0.25) is 0 Å². The van der Waals surface area contributed by atoms with Crippen LogP contribution in [-0.2, 0) is 16.1 Å². The summed E-state index contributed by atoms with van der Waals surface area (Å²) >= 11 is 0. The predicted molar refractivity (Wildman–Crippen MR) is 254 cm³/mol. The fourth-order valence-electron chi connectivity index (χ4n) is 12.0. The molecule has 2 heteroatoms. The molecule has 0 heterocycles. The van der Waals surface area contributed by atoms with Crippen molar-refractivity contribution in [2.45, 2.75) is 62.1 Å². The van der Waals surface area contributed by atoms with E-state index in [-0.39, 0.29) is 5.41 Å². The summed E-state index contributed by atoms with van der Waals surface area (Å²) in [6.07, 6.45) is 6.62. The Balaban J connectivity index is 1.03. The Morgan fingerprint density at radius 2 is 0.783 bits per heavy atom. The summed E-state index contributed by atoms with van der Waals surface area (Å²) in [5.41, 5.74) is 23.1. The van der Waals surface area contributed by atoms with Gasteiger partial charge in [-0.2, -0.15) is 0 Å². The lowest BCUT2D eigenvalue weighted by Crippen LogP contribution is -2.29. The summed E-state index contributed by atoms with van der Waals surface area (Å²) in [6.45, 7) is 4.76. The maximum atomic E-state index is 2.51. The van der Waals surface area contributed by atoms with E-state index in [0.29, 0.717) is 5.31 Å². The van der Waals surface area contributed by atoms with Crippen LogP contribution in [0.4, 0.5) is 17.1 Å². The van der Waals surface area contributed by atoms with Crippen molar-refractivity contribution in [3.05, 3.63) is 221 Å². The second kappa shape index (κ2) is 13.1. The molecule has 0 saturated heterocycles. The molecule has 0 aliphatic heterocycles. The van der Waals surface area contributed by atoms with Gasteiger partial charge in [0.15, 0.2) is 0 Å². The van der Waals surface area contributed by atoms with Gasteiger partial charge in [-0.15, -0.1) is 0 Å². The van der Waals surface area contributed by atoms with Crippen molar-refractivity contribution in [1.82, 2.24) is 0 Å². The highest BCUT2D eigenvalue weighted by Crippen LogP contribution is 2.63. The first-order chi connectivity index (χ1) is 29.4. The quantitative estimate of drug-likeness (QED) is 0.158. The van der Waals surface area contributed by atoms with Crippen LogP contribution in [0.2, 0.25) is 0 Å². The lowest BCUT2D eigenvalue weighted by Gasteiger charge is -2.34. The topological polar surface area (TPSA) is 3.24 Å². The molecule has 0 radical (unpaired) electrons. The van der Waals surface area contributed by atoms with Crippen LogP contribution in [0.1, 0.15) is 84.9 Å². The number of anilines is 3. The molecule has 288 valence electrons. The van der Waals surface area contributed by atoms with E-state index in [1.54, 1.807) is 0 Å². The van der Waals surface area contributed by atoms with Crippen molar-refractivity contribution in [3.63, 3.8) is 0 Å². The monoisotopic (exact) mass is 769 g/mol. The normalized spacial score (nSPS) is 16.6. The van der Waals surface area contributed by atoms with Gasteiger partial charge in [0.25, 0.3) is 0 Å². The minimum Gasteiger partial charge on any atom is -0.310 e. The number of hydrogen-bond acceptors (Lipinski definition) is 1. The summed E-state index contributed by atoms with van der Waals surface area (Å²) < 4.78 is 0. The molecule has 8 aromatic carbocycles. The lowest BCUT2D eigenvalue weighted by atomic mass is 9.57. The SMILES string of the molecule is BC1(c2ccc(-c3ccc(N(c4ccc5c(c4)C(C)(C)c4ccccc4-5)c4ccc5c(c4)C4(c6ccccc6-c6ccccc64)c4ccccc4-5)cc3)cc2)CCCCC1. The van der Waals surface area contributed by atoms with Crippen LogP contribution in [0.25, 0.3) is 44.5 Å². The van der Waals surface area contributed by atoms with Crippen molar-refractivity contribution >= 4 is 24.9 Å².